The fourth-order valence-corrected chi connectivity index (χ4v) is 6.14. The molecule has 1 amide bonds. The van der Waals surface area contributed by atoms with Crippen LogP contribution in [0.5, 0.6) is 0 Å². The number of Topliss-reactive ketones (excluding diaryl/α,β-unsaturated/α-hetero) is 1. The Morgan fingerprint density at radius 2 is 1.74 bits per heavy atom. The normalized spacial score (nSPS) is 15.7. The number of hydrogen-bond acceptors (Lipinski definition) is 10. The molecular formula is C24H23N3O5S3. The van der Waals surface area contributed by atoms with Crippen LogP contribution in [0.2, 0.25) is 0 Å². The van der Waals surface area contributed by atoms with E-state index in [-0.39, 0.29) is 22.2 Å². The first-order chi connectivity index (χ1) is 16.7. The van der Waals surface area contributed by atoms with E-state index in [1.54, 1.807) is 39.5 Å². The maximum Gasteiger partial charge on any atom is 0.350 e. The third kappa shape index (κ3) is 4.51. The fraction of sp³-hybridized carbons (Fsp3) is 0.292. The van der Waals surface area contributed by atoms with Crippen LogP contribution in [0.1, 0.15) is 54.3 Å². The molecule has 4 rings (SSSR count). The van der Waals surface area contributed by atoms with Crippen molar-refractivity contribution in [3.63, 3.8) is 0 Å². The molecule has 35 heavy (non-hydrogen) atoms. The smallest absolute Gasteiger partial charge is 0.350 e. The fourth-order valence-electron chi connectivity index (χ4n) is 3.87. The summed E-state index contributed by atoms with van der Waals surface area (Å²) in [7, 11) is 0. The number of aliphatic hydroxyl groups excluding tert-OH is 1. The van der Waals surface area contributed by atoms with E-state index in [1.165, 1.54) is 16.2 Å². The van der Waals surface area contributed by atoms with Crippen LogP contribution < -0.4 is 4.90 Å². The van der Waals surface area contributed by atoms with Gasteiger partial charge in [0, 0.05) is 4.90 Å². The van der Waals surface area contributed by atoms with Gasteiger partial charge < -0.3 is 9.84 Å². The number of aliphatic hydroxyl groups is 1. The highest BCUT2D eigenvalue weighted by atomic mass is 32.2. The zero-order valence-corrected chi connectivity index (χ0v) is 22.2. The molecule has 8 nitrogen and oxygen atoms in total. The molecule has 0 bridgehead atoms. The number of ether oxygens (including phenoxy) is 1. The predicted octanol–water partition coefficient (Wildman–Crippen LogP) is 5.21. The lowest BCUT2D eigenvalue weighted by molar-refractivity contribution is -0.117. The first-order valence-corrected chi connectivity index (χ1v) is 13.6. The Morgan fingerprint density at radius 1 is 1.09 bits per heavy atom. The number of esters is 1. The number of thiazole rings is 2. The number of thioether (sulfide) groups is 1. The number of anilines is 1. The predicted molar refractivity (Wildman–Crippen MR) is 137 cm³/mol. The molecule has 0 spiro atoms. The maximum atomic E-state index is 13.7. The average Bonchev–Trinajstić information content (AvgIpc) is 3.46. The van der Waals surface area contributed by atoms with Crippen molar-refractivity contribution in [2.24, 2.45) is 0 Å². The van der Waals surface area contributed by atoms with Gasteiger partial charge in [0.1, 0.15) is 4.88 Å². The van der Waals surface area contributed by atoms with Gasteiger partial charge in [-0.05, 0) is 51.6 Å². The molecule has 1 aliphatic heterocycles. The molecule has 11 heteroatoms. The second-order valence-corrected chi connectivity index (χ2v) is 10.8. The number of carbonyl (C=O) groups excluding carboxylic acids is 3. The third-order valence-corrected chi connectivity index (χ3v) is 8.40. The van der Waals surface area contributed by atoms with Crippen molar-refractivity contribution in [1.29, 1.82) is 0 Å². The molecule has 0 saturated heterocycles. The number of benzene rings is 1. The zero-order chi connectivity index (χ0) is 25.4. The van der Waals surface area contributed by atoms with Crippen molar-refractivity contribution in [3.8, 4) is 0 Å². The van der Waals surface area contributed by atoms with Gasteiger partial charge in [0.05, 0.1) is 39.5 Å². The third-order valence-electron chi connectivity index (χ3n) is 5.45. The number of aryl methyl sites for hydroxylation is 3. The molecule has 1 N–H and O–H groups in total. The van der Waals surface area contributed by atoms with Crippen LogP contribution in [0, 0.1) is 20.8 Å². The molecule has 3 heterocycles. The van der Waals surface area contributed by atoms with Crippen LogP contribution in [0.25, 0.3) is 0 Å². The summed E-state index contributed by atoms with van der Waals surface area (Å²) in [6.45, 7) is 7.07. The maximum absolute atomic E-state index is 13.7. The first-order valence-electron chi connectivity index (χ1n) is 10.7. The van der Waals surface area contributed by atoms with Gasteiger partial charge in [0.15, 0.2) is 10.9 Å². The van der Waals surface area contributed by atoms with Crippen molar-refractivity contribution < 1.29 is 24.2 Å². The standard InChI is InChI=1S/C24H23N3O5S3/c1-6-32-23(31)21-12(3)26-24(35-21)27-17(14-7-9-15(33-5)10-8-14)16(19(29)22(27)30)18(28)20-11(2)25-13(4)34-20/h7-10,17,29H,6H2,1-5H3. The number of nitrogens with zero attached hydrogens (tertiary/aromatic N) is 3. The summed E-state index contributed by atoms with van der Waals surface area (Å²) in [5, 5.41) is 11.9. The lowest BCUT2D eigenvalue weighted by Gasteiger charge is -2.24. The summed E-state index contributed by atoms with van der Waals surface area (Å²) in [4.78, 5) is 51.1. The van der Waals surface area contributed by atoms with Gasteiger partial charge in [-0.2, -0.15) is 0 Å². The highest BCUT2D eigenvalue weighted by Gasteiger charge is 2.46. The minimum atomic E-state index is -0.923. The Bertz CT molecular complexity index is 1360. The van der Waals surface area contributed by atoms with Gasteiger partial charge in [-0.15, -0.1) is 23.1 Å². The minimum Gasteiger partial charge on any atom is -0.503 e. The largest absolute Gasteiger partial charge is 0.503 e. The van der Waals surface area contributed by atoms with Crippen molar-refractivity contribution >= 4 is 57.2 Å². The second-order valence-electron chi connectivity index (χ2n) is 7.72. The second kappa shape index (κ2) is 9.92. The van der Waals surface area contributed by atoms with Crippen LogP contribution >= 0.6 is 34.4 Å². The molecule has 1 aliphatic rings. The molecule has 2 aromatic heterocycles. The number of hydrogen-bond donors (Lipinski definition) is 1. The molecule has 1 unspecified atom stereocenters. The van der Waals surface area contributed by atoms with Gasteiger partial charge in [0.2, 0.25) is 5.78 Å². The van der Waals surface area contributed by atoms with Gasteiger partial charge in [-0.3, -0.25) is 14.5 Å². The van der Waals surface area contributed by atoms with E-state index >= 15 is 0 Å². The van der Waals surface area contributed by atoms with Crippen molar-refractivity contribution in [1.82, 2.24) is 9.97 Å². The monoisotopic (exact) mass is 529 g/mol. The van der Waals surface area contributed by atoms with E-state index in [1.807, 2.05) is 30.5 Å². The Hall–Kier alpha value is -3.02. The summed E-state index contributed by atoms with van der Waals surface area (Å²) >= 11 is 3.77. The van der Waals surface area contributed by atoms with Crippen LogP contribution in [-0.4, -0.2) is 45.6 Å². The topological polar surface area (TPSA) is 110 Å². The van der Waals surface area contributed by atoms with Crippen LogP contribution in [-0.2, 0) is 9.53 Å². The number of ketones is 1. The Kier molecular flexibility index (Phi) is 7.11. The highest BCUT2D eigenvalue weighted by Crippen LogP contribution is 2.44. The molecule has 0 radical (unpaired) electrons. The molecule has 1 aromatic carbocycles. The molecular weight excluding hydrogens is 506 g/mol. The summed E-state index contributed by atoms with van der Waals surface area (Å²) in [5.74, 6) is -2.38. The summed E-state index contributed by atoms with van der Waals surface area (Å²) in [5.41, 5.74) is 1.54. The first kappa shape index (κ1) is 25.1. The lowest BCUT2D eigenvalue weighted by atomic mass is 9.95. The van der Waals surface area contributed by atoms with E-state index in [0.29, 0.717) is 26.8 Å². The Balaban J connectivity index is 1.86. The molecule has 3 aromatic rings. The van der Waals surface area contributed by atoms with Crippen molar-refractivity contribution in [2.45, 2.75) is 38.6 Å². The summed E-state index contributed by atoms with van der Waals surface area (Å²) in [6, 6.07) is 6.49. The van der Waals surface area contributed by atoms with Gasteiger partial charge in [-0.25, -0.2) is 14.8 Å². The summed E-state index contributed by atoms with van der Waals surface area (Å²) < 4.78 is 5.11. The molecule has 182 valence electrons. The summed E-state index contributed by atoms with van der Waals surface area (Å²) in [6.07, 6.45) is 1.95. The van der Waals surface area contributed by atoms with Crippen LogP contribution in [0.4, 0.5) is 5.13 Å². The molecule has 0 fully saturated rings. The van der Waals surface area contributed by atoms with Crippen molar-refractivity contribution in [3.05, 3.63) is 67.3 Å². The van der Waals surface area contributed by atoms with E-state index < -0.39 is 29.5 Å². The Morgan fingerprint density at radius 3 is 2.31 bits per heavy atom. The van der Waals surface area contributed by atoms with Gasteiger partial charge >= 0.3 is 5.97 Å². The highest BCUT2D eigenvalue weighted by molar-refractivity contribution is 7.98. The SMILES string of the molecule is CCOC(=O)c1sc(N2C(=O)C(O)=C(C(=O)c3sc(C)nc3C)C2c2ccc(SC)cc2)nc1C. The van der Waals surface area contributed by atoms with E-state index in [4.69, 9.17) is 4.74 Å². The van der Waals surface area contributed by atoms with E-state index in [9.17, 15) is 19.5 Å². The van der Waals surface area contributed by atoms with Gasteiger partial charge in [-0.1, -0.05) is 23.5 Å². The average molecular weight is 530 g/mol. The Labute approximate surface area is 214 Å². The molecule has 0 aliphatic carbocycles. The van der Waals surface area contributed by atoms with Crippen molar-refractivity contribution in [2.75, 3.05) is 17.8 Å². The number of rotatable bonds is 7. The molecule has 1 atom stereocenters. The lowest BCUT2D eigenvalue weighted by Crippen LogP contribution is -2.31. The minimum absolute atomic E-state index is 0.0378. The quantitative estimate of drug-likeness (QED) is 0.252. The number of amides is 1. The number of aromatic nitrogens is 2. The van der Waals surface area contributed by atoms with Gasteiger partial charge in [0.25, 0.3) is 5.91 Å². The number of carbonyl (C=O) groups is 3. The molecule has 0 saturated carbocycles. The zero-order valence-electron chi connectivity index (χ0n) is 19.7. The van der Waals surface area contributed by atoms with E-state index in [0.717, 1.165) is 16.2 Å². The van der Waals surface area contributed by atoms with Crippen LogP contribution in [0.15, 0.2) is 40.5 Å². The van der Waals surface area contributed by atoms with Crippen LogP contribution in [0.3, 0.4) is 0 Å². The van der Waals surface area contributed by atoms with E-state index in [2.05, 4.69) is 9.97 Å².